The number of hydrogen-bond acceptors (Lipinski definition) is 2. The smallest absolute Gasteiger partial charge is 0.0687 e. The molecule has 1 saturated carbocycles. The van der Waals surface area contributed by atoms with E-state index in [1.54, 1.807) is 0 Å². The van der Waals surface area contributed by atoms with E-state index in [1.807, 2.05) is 0 Å². The van der Waals surface area contributed by atoms with Crippen molar-refractivity contribution in [1.29, 1.82) is 0 Å². The van der Waals surface area contributed by atoms with Crippen LogP contribution < -0.4 is 5.32 Å². The number of anilines is 1. The molecule has 1 aromatic rings. The van der Waals surface area contributed by atoms with Crippen molar-refractivity contribution in [3.8, 4) is 0 Å². The number of rotatable bonds is 2. The van der Waals surface area contributed by atoms with Crippen LogP contribution in [0.5, 0.6) is 0 Å². The first-order valence-electron chi connectivity index (χ1n) is 8.35. The molecule has 2 nitrogen and oxygen atoms in total. The summed E-state index contributed by atoms with van der Waals surface area (Å²) in [5, 5.41) is 3.67. The van der Waals surface area contributed by atoms with Gasteiger partial charge in [-0.3, -0.25) is 0 Å². The topological polar surface area (TPSA) is 21.3 Å². The zero-order chi connectivity index (χ0) is 13.4. The quantitative estimate of drug-likeness (QED) is 0.866. The largest absolute Gasteiger partial charge is 0.382 e. The molecule has 2 aliphatic heterocycles. The van der Waals surface area contributed by atoms with Crippen LogP contribution in [0.1, 0.15) is 56.9 Å². The van der Waals surface area contributed by atoms with Crippen molar-refractivity contribution in [2.45, 2.75) is 75.5 Å². The first-order chi connectivity index (χ1) is 9.83. The highest BCUT2D eigenvalue weighted by atomic mass is 16.5. The predicted octanol–water partition coefficient (Wildman–Crippen LogP) is 4.30. The Morgan fingerprint density at radius 2 is 1.95 bits per heavy atom. The van der Waals surface area contributed by atoms with E-state index in [9.17, 15) is 0 Å². The molecule has 4 rings (SSSR count). The lowest BCUT2D eigenvalue weighted by Gasteiger charge is -2.33. The number of fused-ring (bicyclic) bond motifs is 1. The van der Waals surface area contributed by atoms with Crippen LogP contribution in [0.3, 0.4) is 0 Å². The lowest BCUT2D eigenvalue weighted by Crippen LogP contribution is -2.33. The minimum absolute atomic E-state index is 0.272. The second-order valence-corrected chi connectivity index (χ2v) is 6.96. The molecule has 2 fully saturated rings. The van der Waals surface area contributed by atoms with Crippen molar-refractivity contribution in [3.63, 3.8) is 0 Å². The summed E-state index contributed by atoms with van der Waals surface area (Å²) in [6, 6.07) is 9.30. The Hall–Kier alpha value is -1.02. The van der Waals surface area contributed by atoms with Gasteiger partial charge in [0.25, 0.3) is 0 Å². The van der Waals surface area contributed by atoms with E-state index in [0.29, 0.717) is 12.1 Å². The van der Waals surface area contributed by atoms with Gasteiger partial charge in [0.05, 0.1) is 11.7 Å². The molecule has 108 valence electrons. The fourth-order valence-electron chi connectivity index (χ4n) is 4.46. The molecule has 20 heavy (non-hydrogen) atoms. The Morgan fingerprint density at radius 1 is 1.10 bits per heavy atom. The summed E-state index contributed by atoms with van der Waals surface area (Å²) in [7, 11) is 0. The van der Waals surface area contributed by atoms with Crippen molar-refractivity contribution in [2.75, 3.05) is 5.32 Å². The molecular weight excluding hydrogens is 246 g/mol. The highest BCUT2D eigenvalue weighted by Gasteiger charge is 2.41. The number of benzene rings is 1. The van der Waals surface area contributed by atoms with Crippen molar-refractivity contribution >= 4 is 5.69 Å². The maximum absolute atomic E-state index is 6.51. The van der Waals surface area contributed by atoms with Gasteiger partial charge >= 0.3 is 0 Å². The van der Waals surface area contributed by atoms with Gasteiger partial charge in [0.1, 0.15) is 0 Å². The minimum atomic E-state index is 0.272. The molecule has 2 heterocycles. The maximum atomic E-state index is 6.51. The molecule has 1 saturated heterocycles. The monoisotopic (exact) mass is 271 g/mol. The van der Waals surface area contributed by atoms with Crippen LogP contribution >= 0.6 is 0 Å². The van der Waals surface area contributed by atoms with Crippen molar-refractivity contribution in [3.05, 3.63) is 29.8 Å². The molecule has 1 aromatic carbocycles. The second kappa shape index (κ2) is 5.07. The molecular formula is C18H25NO. The van der Waals surface area contributed by atoms with Crippen LogP contribution in [0.25, 0.3) is 0 Å². The third-order valence-corrected chi connectivity index (χ3v) is 5.49. The molecule has 1 spiro atoms. The minimum Gasteiger partial charge on any atom is -0.382 e. The summed E-state index contributed by atoms with van der Waals surface area (Å²) in [6.07, 6.45) is 12.2. The van der Waals surface area contributed by atoms with E-state index in [1.165, 1.54) is 69.0 Å². The van der Waals surface area contributed by atoms with Crippen LogP contribution in [-0.2, 0) is 11.2 Å². The molecule has 1 N–H and O–H groups in total. The first kappa shape index (κ1) is 12.7. The normalized spacial score (nSPS) is 31.2. The van der Waals surface area contributed by atoms with Crippen molar-refractivity contribution in [1.82, 2.24) is 0 Å². The van der Waals surface area contributed by atoms with Crippen LogP contribution in [0, 0.1) is 0 Å². The van der Waals surface area contributed by atoms with E-state index in [4.69, 9.17) is 4.74 Å². The number of para-hydroxylation sites is 1. The summed E-state index contributed by atoms with van der Waals surface area (Å²) in [6.45, 7) is 0. The highest BCUT2D eigenvalue weighted by Crippen LogP contribution is 2.43. The lowest BCUT2D eigenvalue weighted by molar-refractivity contribution is -0.0665. The van der Waals surface area contributed by atoms with E-state index in [0.717, 1.165) is 0 Å². The Balaban J connectivity index is 1.35. The Morgan fingerprint density at radius 3 is 2.80 bits per heavy atom. The Bertz CT molecular complexity index is 453. The van der Waals surface area contributed by atoms with Crippen LogP contribution in [0.2, 0.25) is 0 Å². The van der Waals surface area contributed by atoms with Gasteiger partial charge in [-0.1, -0.05) is 37.5 Å². The lowest BCUT2D eigenvalue weighted by atomic mass is 9.83. The summed E-state index contributed by atoms with van der Waals surface area (Å²) in [5.41, 5.74) is 3.08. The Labute approximate surface area is 121 Å². The average molecular weight is 271 g/mol. The van der Waals surface area contributed by atoms with Gasteiger partial charge < -0.3 is 10.1 Å². The van der Waals surface area contributed by atoms with E-state index < -0.39 is 0 Å². The van der Waals surface area contributed by atoms with Crippen molar-refractivity contribution < 1.29 is 4.74 Å². The van der Waals surface area contributed by atoms with E-state index in [2.05, 4.69) is 29.6 Å². The number of ether oxygens (including phenoxy) is 1. The predicted molar refractivity (Wildman–Crippen MR) is 82.1 cm³/mol. The van der Waals surface area contributed by atoms with Crippen molar-refractivity contribution in [2.24, 2.45) is 0 Å². The zero-order valence-electron chi connectivity index (χ0n) is 12.2. The third kappa shape index (κ3) is 2.35. The van der Waals surface area contributed by atoms with Crippen LogP contribution in [-0.4, -0.2) is 17.7 Å². The molecule has 3 aliphatic rings. The Kier molecular flexibility index (Phi) is 3.22. The van der Waals surface area contributed by atoms with Gasteiger partial charge in [0.15, 0.2) is 0 Å². The molecule has 0 aromatic heterocycles. The van der Waals surface area contributed by atoms with Gasteiger partial charge in [-0.15, -0.1) is 0 Å². The standard InChI is InChI=1S/C18H25NO/c1-4-9-18(10-5-1)11-8-16(20-18)13-15-12-14-6-2-3-7-17(14)19-15/h2-3,6-7,15-16,19H,1,4-5,8-13H2. The third-order valence-electron chi connectivity index (χ3n) is 5.49. The molecule has 2 atom stereocenters. The van der Waals surface area contributed by atoms with Gasteiger partial charge in [-0.05, 0) is 50.2 Å². The second-order valence-electron chi connectivity index (χ2n) is 6.96. The molecule has 0 bridgehead atoms. The molecule has 1 aliphatic carbocycles. The molecule has 2 unspecified atom stereocenters. The van der Waals surface area contributed by atoms with E-state index in [-0.39, 0.29) is 5.60 Å². The maximum Gasteiger partial charge on any atom is 0.0687 e. The summed E-state index contributed by atoms with van der Waals surface area (Å²) < 4.78 is 6.51. The summed E-state index contributed by atoms with van der Waals surface area (Å²) in [4.78, 5) is 0. The highest BCUT2D eigenvalue weighted by molar-refractivity contribution is 5.56. The average Bonchev–Trinajstić information content (AvgIpc) is 3.04. The number of hydrogen-bond donors (Lipinski definition) is 1. The fourth-order valence-corrected chi connectivity index (χ4v) is 4.46. The molecule has 0 radical (unpaired) electrons. The van der Waals surface area contributed by atoms with Crippen LogP contribution in [0.15, 0.2) is 24.3 Å². The SMILES string of the molecule is c1ccc2c(c1)CC(CC1CCC3(CCCCC3)O1)N2. The summed E-state index contributed by atoms with van der Waals surface area (Å²) in [5.74, 6) is 0. The van der Waals surface area contributed by atoms with Gasteiger partial charge in [-0.2, -0.15) is 0 Å². The van der Waals surface area contributed by atoms with Gasteiger partial charge in [-0.25, -0.2) is 0 Å². The molecule has 0 amide bonds. The zero-order valence-corrected chi connectivity index (χ0v) is 12.2. The van der Waals surface area contributed by atoms with Gasteiger partial charge in [0, 0.05) is 11.7 Å². The van der Waals surface area contributed by atoms with Crippen LogP contribution in [0.4, 0.5) is 5.69 Å². The summed E-state index contributed by atoms with van der Waals surface area (Å²) >= 11 is 0. The number of nitrogens with one attached hydrogen (secondary N) is 1. The van der Waals surface area contributed by atoms with E-state index >= 15 is 0 Å². The molecule has 2 heteroatoms. The van der Waals surface area contributed by atoms with Gasteiger partial charge in [0.2, 0.25) is 0 Å². The first-order valence-corrected chi connectivity index (χ1v) is 8.35. The fraction of sp³-hybridized carbons (Fsp3) is 0.667.